The molecule has 2 heteroatoms. The maximum absolute atomic E-state index is 12.4. The lowest BCUT2D eigenvalue weighted by Crippen LogP contribution is -2.28. The molecule has 1 saturated carbocycles. The molecule has 0 radical (unpaired) electrons. The third kappa shape index (κ3) is 4.78. The van der Waals surface area contributed by atoms with Crippen molar-refractivity contribution in [1.29, 1.82) is 0 Å². The van der Waals surface area contributed by atoms with Gasteiger partial charge >= 0.3 is 5.97 Å². The first-order chi connectivity index (χ1) is 12.6. The lowest BCUT2D eigenvalue weighted by atomic mass is 9.68. The summed E-state index contributed by atoms with van der Waals surface area (Å²) in [5.74, 6) is 2.99. The van der Waals surface area contributed by atoms with Crippen LogP contribution < -0.4 is 0 Å². The van der Waals surface area contributed by atoms with Crippen molar-refractivity contribution in [2.45, 2.75) is 59.0 Å². The highest BCUT2D eigenvalue weighted by Crippen LogP contribution is 2.41. The molecular weight excluding hydrogens is 320 g/mol. The maximum atomic E-state index is 12.4. The van der Waals surface area contributed by atoms with Gasteiger partial charge in [0, 0.05) is 0 Å². The van der Waals surface area contributed by atoms with Crippen molar-refractivity contribution in [3.05, 3.63) is 48.6 Å². The van der Waals surface area contributed by atoms with Crippen molar-refractivity contribution >= 4 is 5.97 Å². The van der Waals surface area contributed by atoms with Crippen LogP contribution in [0.25, 0.3) is 0 Å². The van der Waals surface area contributed by atoms with E-state index in [9.17, 15) is 4.79 Å². The van der Waals surface area contributed by atoms with Gasteiger partial charge in [-0.2, -0.15) is 0 Å². The zero-order valence-corrected chi connectivity index (χ0v) is 16.5. The van der Waals surface area contributed by atoms with Gasteiger partial charge in [-0.3, -0.25) is 4.79 Å². The molecule has 142 valence electrons. The minimum absolute atomic E-state index is 0.148. The summed E-state index contributed by atoms with van der Waals surface area (Å²) in [7, 11) is 0. The van der Waals surface area contributed by atoms with Gasteiger partial charge in [-0.05, 0) is 61.0 Å². The number of rotatable bonds is 5. The van der Waals surface area contributed by atoms with E-state index in [0.29, 0.717) is 11.8 Å². The predicted molar refractivity (Wildman–Crippen MR) is 107 cm³/mol. The first-order valence-corrected chi connectivity index (χ1v) is 10.5. The Morgan fingerprint density at radius 3 is 2.27 bits per heavy atom. The Balaban J connectivity index is 1.49. The van der Waals surface area contributed by atoms with Gasteiger partial charge in [0.2, 0.25) is 0 Å². The fourth-order valence-electron chi connectivity index (χ4n) is 4.73. The maximum Gasteiger partial charge on any atom is 0.317 e. The van der Waals surface area contributed by atoms with Crippen LogP contribution in [-0.4, -0.2) is 12.1 Å². The lowest BCUT2D eigenvalue weighted by Gasteiger charge is -2.37. The summed E-state index contributed by atoms with van der Waals surface area (Å²) in [4.78, 5) is 12.4. The molecule has 3 atom stereocenters. The summed E-state index contributed by atoms with van der Waals surface area (Å²) < 4.78 is 5.60. The van der Waals surface area contributed by atoms with Crippen molar-refractivity contribution in [3.63, 3.8) is 0 Å². The summed E-state index contributed by atoms with van der Waals surface area (Å²) in [5, 5.41) is 0. The Labute approximate surface area is 159 Å². The van der Waals surface area contributed by atoms with E-state index >= 15 is 0 Å². The van der Waals surface area contributed by atoms with E-state index in [1.165, 1.54) is 32.1 Å². The summed E-state index contributed by atoms with van der Waals surface area (Å²) in [5.41, 5.74) is 0. The van der Waals surface area contributed by atoms with Crippen molar-refractivity contribution in [2.75, 3.05) is 0 Å². The van der Waals surface area contributed by atoms with E-state index in [4.69, 9.17) is 4.74 Å². The molecule has 1 fully saturated rings. The van der Waals surface area contributed by atoms with E-state index < -0.39 is 0 Å². The molecule has 3 unspecified atom stereocenters. The highest BCUT2D eigenvalue weighted by atomic mass is 16.5. The number of hydrogen-bond donors (Lipinski definition) is 0. The Hall–Kier alpha value is -1.57. The van der Waals surface area contributed by atoms with Crippen molar-refractivity contribution in [2.24, 2.45) is 35.5 Å². The van der Waals surface area contributed by atoms with Gasteiger partial charge < -0.3 is 4.74 Å². The third-order valence-corrected chi connectivity index (χ3v) is 6.41. The molecule has 0 amide bonds. The number of allylic oxidation sites excluding steroid dienone is 4. The van der Waals surface area contributed by atoms with E-state index in [-0.39, 0.29) is 18.0 Å². The van der Waals surface area contributed by atoms with Crippen LogP contribution in [0, 0.1) is 35.5 Å². The topological polar surface area (TPSA) is 26.3 Å². The smallest absolute Gasteiger partial charge is 0.317 e. The zero-order chi connectivity index (χ0) is 18.5. The molecule has 2 nitrogen and oxygen atoms in total. The van der Waals surface area contributed by atoms with Crippen molar-refractivity contribution in [1.82, 2.24) is 0 Å². The van der Waals surface area contributed by atoms with Crippen LogP contribution in [0.1, 0.15) is 52.9 Å². The predicted octanol–water partition coefficient (Wildman–Crippen LogP) is 5.87. The van der Waals surface area contributed by atoms with Crippen LogP contribution in [0.3, 0.4) is 0 Å². The van der Waals surface area contributed by atoms with E-state index in [0.717, 1.165) is 17.8 Å². The molecule has 0 N–H and O–H groups in total. The van der Waals surface area contributed by atoms with Gasteiger partial charge in [-0.25, -0.2) is 0 Å². The Morgan fingerprint density at radius 2 is 1.65 bits per heavy atom. The van der Waals surface area contributed by atoms with E-state index in [1.807, 2.05) is 12.2 Å². The van der Waals surface area contributed by atoms with Gasteiger partial charge in [-0.1, -0.05) is 70.1 Å². The zero-order valence-electron chi connectivity index (χ0n) is 16.5. The van der Waals surface area contributed by atoms with Crippen LogP contribution in [0.15, 0.2) is 48.6 Å². The molecule has 3 aliphatic rings. The lowest BCUT2D eigenvalue weighted by molar-refractivity contribution is -0.146. The van der Waals surface area contributed by atoms with E-state index in [1.54, 1.807) is 0 Å². The molecule has 0 heterocycles. The van der Waals surface area contributed by atoms with Crippen LogP contribution in [0.4, 0.5) is 0 Å². The van der Waals surface area contributed by atoms with Crippen molar-refractivity contribution < 1.29 is 9.53 Å². The Bertz CT molecular complexity index is 569. The summed E-state index contributed by atoms with van der Waals surface area (Å²) in [6.45, 7) is 6.84. The molecule has 3 aliphatic carbocycles. The average Bonchev–Trinajstić information content (AvgIpc) is 2.65. The number of hydrogen-bond acceptors (Lipinski definition) is 2. The van der Waals surface area contributed by atoms with Crippen molar-refractivity contribution in [3.8, 4) is 0 Å². The standard InChI is InChI=1S/C24H34O2/c1-4-5-19-8-13-22(16-18(19)3)20-9-11-21(12-10-20)24(25)26-23-14-6-17(2)7-15-23/h6-7,9-12,14-15,17-23H,4-5,8,13,16H2,1-3H3. The van der Waals surface area contributed by atoms with Gasteiger partial charge in [0.15, 0.2) is 0 Å². The third-order valence-electron chi connectivity index (χ3n) is 6.41. The minimum Gasteiger partial charge on any atom is -0.453 e. The van der Waals surface area contributed by atoms with Crippen LogP contribution in [0.5, 0.6) is 0 Å². The first-order valence-electron chi connectivity index (χ1n) is 10.5. The second-order valence-corrected chi connectivity index (χ2v) is 8.50. The Kier molecular flexibility index (Phi) is 6.56. The van der Waals surface area contributed by atoms with Crippen LogP contribution >= 0.6 is 0 Å². The SMILES string of the molecule is CCCC1CCC(C2C=CC(C(=O)OC3C=CC(C)C=C3)C=C2)CC1C. The van der Waals surface area contributed by atoms with Gasteiger partial charge in [-0.15, -0.1) is 0 Å². The summed E-state index contributed by atoms with van der Waals surface area (Å²) >= 11 is 0. The molecular formula is C24H34O2. The van der Waals surface area contributed by atoms with Gasteiger partial charge in [0.1, 0.15) is 6.10 Å². The number of esters is 1. The summed E-state index contributed by atoms with van der Waals surface area (Å²) in [6.07, 6.45) is 23.2. The molecule has 0 aromatic heterocycles. The molecule has 0 aromatic rings. The quantitative estimate of drug-likeness (QED) is 0.456. The molecule has 0 bridgehead atoms. The van der Waals surface area contributed by atoms with Gasteiger partial charge in [0.05, 0.1) is 5.92 Å². The first kappa shape index (κ1) is 19.2. The minimum atomic E-state index is -0.235. The highest BCUT2D eigenvalue weighted by Gasteiger charge is 2.31. The van der Waals surface area contributed by atoms with Gasteiger partial charge in [0.25, 0.3) is 0 Å². The molecule has 0 saturated heterocycles. The fourth-order valence-corrected chi connectivity index (χ4v) is 4.73. The molecule has 0 aromatic carbocycles. The normalized spacial score (nSPS) is 39.1. The Morgan fingerprint density at radius 1 is 0.962 bits per heavy atom. The largest absolute Gasteiger partial charge is 0.453 e. The fraction of sp³-hybridized carbons (Fsp3) is 0.625. The monoisotopic (exact) mass is 354 g/mol. The second kappa shape index (κ2) is 8.88. The molecule has 26 heavy (non-hydrogen) atoms. The van der Waals surface area contributed by atoms with Crippen LogP contribution in [-0.2, 0) is 9.53 Å². The number of carbonyl (C=O) groups excluding carboxylic acids is 1. The number of carbonyl (C=O) groups is 1. The molecule has 0 aliphatic heterocycles. The molecule has 0 spiro atoms. The highest BCUT2D eigenvalue weighted by molar-refractivity contribution is 5.77. The summed E-state index contributed by atoms with van der Waals surface area (Å²) in [6, 6.07) is 0. The second-order valence-electron chi connectivity index (χ2n) is 8.50. The molecule has 3 rings (SSSR count). The van der Waals surface area contributed by atoms with E-state index in [2.05, 4.69) is 57.2 Å². The average molecular weight is 355 g/mol. The number of ether oxygens (including phenoxy) is 1. The van der Waals surface area contributed by atoms with Crippen LogP contribution in [0.2, 0.25) is 0 Å².